The summed E-state index contributed by atoms with van der Waals surface area (Å²) in [4.78, 5) is 45.8. The highest BCUT2D eigenvalue weighted by Gasteiger charge is 2.40. The van der Waals surface area contributed by atoms with Crippen LogP contribution in [-0.4, -0.2) is 53.7 Å². The highest BCUT2D eigenvalue weighted by atomic mass is 16.3. The van der Waals surface area contributed by atoms with Crippen molar-refractivity contribution in [3.63, 3.8) is 0 Å². The fourth-order valence-electron chi connectivity index (χ4n) is 4.68. The van der Waals surface area contributed by atoms with Gasteiger partial charge in [-0.3, -0.25) is 19.1 Å². The number of fused-ring (bicyclic) bond motifs is 1. The van der Waals surface area contributed by atoms with Crippen molar-refractivity contribution in [3.05, 3.63) is 62.7 Å². The number of likely N-dealkylation sites (tertiary alicyclic amines) is 1. The van der Waals surface area contributed by atoms with Gasteiger partial charge in [0.25, 0.3) is 5.56 Å². The predicted molar refractivity (Wildman–Crippen MR) is 125 cm³/mol. The number of piperidine rings is 1. The molecule has 0 saturated carbocycles. The molecular formula is C24H31N5O4. The lowest BCUT2D eigenvalue weighted by atomic mass is 9.88. The largest absolute Gasteiger partial charge is 0.388 e. The molecule has 33 heavy (non-hydrogen) atoms. The van der Waals surface area contributed by atoms with E-state index in [9.17, 15) is 19.5 Å². The van der Waals surface area contributed by atoms with Crippen LogP contribution < -0.4 is 11.2 Å². The lowest BCUT2D eigenvalue weighted by molar-refractivity contribution is -0.138. The highest BCUT2D eigenvalue weighted by molar-refractivity contribution is 5.77. The van der Waals surface area contributed by atoms with Crippen LogP contribution in [0.15, 0.2) is 40.1 Å². The number of imidazole rings is 1. The number of carbonyl (C=O) groups is 1. The Kier molecular flexibility index (Phi) is 6.25. The van der Waals surface area contributed by atoms with Gasteiger partial charge in [-0.05, 0) is 45.7 Å². The number of hydrogen-bond acceptors (Lipinski definition) is 5. The van der Waals surface area contributed by atoms with E-state index in [4.69, 9.17) is 4.98 Å². The number of benzene rings is 1. The third-order valence-corrected chi connectivity index (χ3v) is 6.67. The SMILES string of the molecule is CCn1c(CCCC(=O)N2CC[C@@](C)(O)[C@H](n3cc(C)c(=O)[nH]c3=O)C2)nc2ccccc21. The molecule has 3 heterocycles. The zero-order chi connectivity index (χ0) is 23.8. The van der Waals surface area contributed by atoms with Crippen molar-refractivity contribution in [2.24, 2.45) is 0 Å². The molecular weight excluding hydrogens is 422 g/mol. The number of rotatable bonds is 6. The number of H-pyrrole nitrogens is 1. The molecule has 176 valence electrons. The van der Waals surface area contributed by atoms with E-state index in [0.29, 0.717) is 37.8 Å². The zero-order valence-electron chi connectivity index (χ0n) is 19.4. The van der Waals surface area contributed by atoms with Gasteiger partial charge in [-0.1, -0.05) is 12.1 Å². The molecule has 1 aliphatic heterocycles. The third kappa shape index (κ3) is 4.50. The topological polar surface area (TPSA) is 113 Å². The van der Waals surface area contributed by atoms with Crippen molar-refractivity contribution in [2.75, 3.05) is 13.1 Å². The van der Waals surface area contributed by atoms with Gasteiger partial charge in [0.05, 0.1) is 22.7 Å². The Labute approximate surface area is 191 Å². The van der Waals surface area contributed by atoms with E-state index in [2.05, 4.69) is 22.5 Å². The van der Waals surface area contributed by atoms with E-state index in [1.54, 1.807) is 18.7 Å². The molecule has 1 aliphatic rings. The van der Waals surface area contributed by atoms with Crippen LogP contribution in [0.25, 0.3) is 11.0 Å². The van der Waals surface area contributed by atoms with Gasteiger partial charge in [0.1, 0.15) is 5.82 Å². The molecule has 9 nitrogen and oxygen atoms in total. The smallest absolute Gasteiger partial charge is 0.328 e. The second-order valence-corrected chi connectivity index (χ2v) is 9.06. The Hall–Kier alpha value is -3.20. The first-order valence-electron chi connectivity index (χ1n) is 11.5. The molecule has 1 fully saturated rings. The summed E-state index contributed by atoms with van der Waals surface area (Å²) in [5.74, 6) is 0.963. The Bertz CT molecular complexity index is 1290. The van der Waals surface area contributed by atoms with Crippen molar-refractivity contribution in [3.8, 4) is 0 Å². The molecule has 2 atom stereocenters. The van der Waals surface area contributed by atoms with E-state index in [1.165, 1.54) is 10.8 Å². The first-order chi connectivity index (χ1) is 15.7. The molecule has 1 amide bonds. The Morgan fingerprint density at radius 2 is 2.06 bits per heavy atom. The summed E-state index contributed by atoms with van der Waals surface area (Å²) in [5.41, 5.74) is 0.249. The van der Waals surface area contributed by atoms with Crippen molar-refractivity contribution < 1.29 is 9.90 Å². The minimum Gasteiger partial charge on any atom is -0.388 e. The summed E-state index contributed by atoms with van der Waals surface area (Å²) in [7, 11) is 0. The van der Waals surface area contributed by atoms with Gasteiger partial charge < -0.3 is 14.6 Å². The average molecular weight is 454 g/mol. The van der Waals surface area contributed by atoms with E-state index >= 15 is 0 Å². The number of nitrogens with one attached hydrogen (secondary N) is 1. The predicted octanol–water partition coefficient (Wildman–Crippen LogP) is 1.76. The van der Waals surface area contributed by atoms with Crippen molar-refractivity contribution in [1.82, 2.24) is 24.0 Å². The van der Waals surface area contributed by atoms with Crippen LogP contribution in [0.1, 0.15) is 50.5 Å². The molecule has 2 N–H and O–H groups in total. The molecule has 3 aromatic rings. The number of carbonyl (C=O) groups excluding carboxylic acids is 1. The second kappa shape index (κ2) is 8.97. The fraction of sp³-hybridized carbons (Fsp3) is 0.500. The van der Waals surface area contributed by atoms with Gasteiger partial charge in [0.15, 0.2) is 0 Å². The fourth-order valence-corrected chi connectivity index (χ4v) is 4.68. The number of aryl methyl sites for hydroxylation is 3. The van der Waals surface area contributed by atoms with Crippen LogP contribution in [0.4, 0.5) is 0 Å². The van der Waals surface area contributed by atoms with Crippen LogP contribution >= 0.6 is 0 Å². The summed E-state index contributed by atoms with van der Waals surface area (Å²) < 4.78 is 3.53. The minimum absolute atomic E-state index is 0.0103. The maximum Gasteiger partial charge on any atom is 0.328 e. The Balaban J connectivity index is 1.44. The quantitative estimate of drug-likeness (QED) is 0.591. The van der Waals surface area contributed by atoms with Gasteiger partial charge in [-0.25, -0.2) is 9.78 Å². The number of aromatic nitrogens is 4. The van der Waals surface area contributed by atoms with Crippen molar-refractivity contribution >= 4 is 16.9 Å². The normalized spacial score (nSPS) is 21.0. The number of nitrogens with zero attached hydrogens (tertiary/aromatic N) is 4. The van der Waals surface area contributed by atoms with E-state index in [-0.39, 0.29) is 12.5 Å². The molecule has 0 aliphatic carbocycles. The van der Waals surface area contributed by atoms with E-state index < -0.39 is 22.9 Å². The standard InChI is InChI=1S/C24H31N5O4/c1-4-28-18-9-6-5-8-17(18)25-20(28)10-7-11-21(30)27-13-12-24(3,33)19(15-27)29-14-16(2)22(31)26-23(29)32/h5-6,8-9,14,19,33H,4,7,10-13,15H2,1-3H3,(H,26,31,32)/t19-,24-/m1/s1. The highest BCUT2D eigenvalue weighted by Crippen LogP contribution is 2.31. The van der Waals surface area contributed by atoms with Gasteiger partial charge in [-0.2, -0.15) is 0 Å². The van der Waals surface area contributed by atoms with Crippen molar-refractivity contribution in [1.29, 1.82) is 0 Å². The number of para-hydroxylation sites is 2. The molecule has 4 rings (SSSR count). The van der Waals surface area contributed by atoms with Gasteiger partial charge >= 0.3 is 5.69 Å². The monoisotopic (exact) mass is 453 g/mol. The van der Waals surface area contributed by atoms with Crippen LogP contribution in [0.3, 0.4) is 0 Å². The zero-order valence-corrected chi connectivity index (χ0v) is 19.4. The number of amides is 1. The third-order valence-electron chi connectivity index (χ3n) is 6.67. The Morgan fingerprint density at radius 1 is 1.30 bits per heavy atom. The molecule has 9 heteroatoms. The average Bonchev–Trinajstić information content (AvgIpc) is 3.13. The van der Waals surface area contributed by atoms with Crippen molar-refractivity contribution in [2.45, 2.75) is 64.6 Å². The number of hydrogen-bond donors (Lipinski definition) is 2. The molecule has 0 bridgehead atoms. The molecule has 0 radical (unpaired) electrons. The van der Waals surface area contributed by atoms with Gasteiger partial charge in [0, 0.05) is 44.2 Å². The molecule has 0 spiro atoms. The van der Waals surface area contributed by atoms with Crippen LogP contribution in [0, 0.1) is 6.92 Å². The first kappa shape index (κ1) is 23.0. The lowest BCUT2D eigenvalue weighted by Gasteiger charge is -2.43. The maximum atomic E-state index is 13.0. The number of aromatic amines is 1. The van der Waals surface area contributed by atoms with E-state index in [0.717, 1.165) is 23.4 Å². The summed E-state index contributed by atoms with van der Waals surface area (Å²) in [6.45, 7) is 6.82. The summed E-state index contributed by atoms with van der Waals surface area (Å²) in [6, 6.07) is 7.39. The van der Waals surface area contributed by atoms with Gasteiger partial charge in [-0.15, -0.1) is 0 Å². The van der Waals surface area contributed by atoms with Crippen LogP contribution in [0.5, 0.6) is 0 Å². The maximum absolute atomic E-state index is 13.0. The number of aliphatic hydroxyl groups is 1. The Morgan fingerprint density at radius 3 is 2.82 bits per heavy atom. The molecule has 1 aromatic carbocycles. The molecule has 1 saturated heterocycles. The summed E-state index contributed by atoms with van der Waals surface area (Å²) in [6.07, 6.45) is 3.53. The van der Waals surface area contributed by atoms with E-state index in [1.807, 2.05) is 18.2 Å². The summed E-state index contributed by atoms with van der Waals surface area (Å²) >= 11 is 0. The molecule has 2 aromatic heterocycles. The van der Waals surface area contributed by atoms with Crippen LogP contribution in [0.2, 0.25) is 0 Å². The minimum atomic E-state index is -1.17. The first-order valence-corrected chi connectivity index (χ1v) is 11.5. The lowest BCUT2D eigenvalue weighted by Crippen LogP contribution is -2.55. The molecule has 0 unspecified atom stereocenters. The second-order valence-electron chi connectivity index (χ2n) is 9.06. The summed E-state index contributed by atoms with van der Waals surface area (Å²) in [5, 5.41) is 10.9. The van der Waals surface area contributed by atoms with Gasteiger partial charge in [0.2, 0.25) is 5.91 Å². The van der Waals surface area contributed by atoms with Crippen LogP contribution in [-0.2, 0) is 17.8 Å².